The van der Waals surface area contributed by atoms with Crippen molar-refractivity contribution in [2.45, 2.75) is 6.10 Å². The van der Waals surface area contributed by atoms with E-state index >= 15 is 0 Å². The summed E-state index contributed by atoms with van der Waals surface area (Å²) in [5.74, 6) is 0. The fourth-order valence-electron chi connectivity index (χ4n) is 1.84. The summed E-state index contributed by atoms with van der Waals surface area (Å²) in [4.78, 5) is 2.01. The normalized spacial score (nSPS) is 12.5. The second-order valence-electron chi connectivity index (χ2n) is 4.39. The summed E-state index contributed by atoms with van der Waals surface area (Å²) in [7, 11) is 5.71. The third kappa shape index (κ3) is 2.35. The van der Waals surface area contributed by atoms with E-state index in [1.807, 2.05) is 43.3 Å². The molecule has 0 aliphatic rings. The highest BCUT2D eigenvalue weighted by Crippen LogP contribution is 2.28. The minimum Gasteiger partial charge on any atom is -0.382 e. The molecule has 0 radical (unpaired) electrons. The van der Waals surface area contributed by atoms with Gasteiger partial charge in [-0.05, 0) is 17.7 Å². The van der Waals surface area contributed by atoms with Crippen molar-refractivity contribution < 1.29 is 5.11 Å². The summed E-state index contributed by atoms with van der Waals surface area (Å²) in [6, 6.07) is 7.71. The Labute approximate surface area is 111 Å². The topological polar surface area (TPSA) is 41.3 Å². The Morgan fingerprint density at radius 3 is 2.33 bits per heavy atom. The molecule has 1 heterocycles. The van der Waals surface area contributed by atoms with Crippen LogP contribution in [0.25, 0.3) is 0 Å². The third-order valence-electron chi connectivity index (χ3n) is 2.92. The summed E-state index contributed by atoms with van der Waals surface area (Å²) < 4.78 is 1.59. The maximum absolute atomic E-state index is 10.3. The fraction of sp³-hybridized carbons (Fsp3) is 0.308. The molecular weight excluding hydrogens is 250 g/mol. The van der Waals surface area contributed by atoms with Crippen LogP contribution in [0.4, 0.5) is 5.69 Å². The lowest BCUT2D eigenvalue weighted by atomic mass is 10.1. The molecule has 0 amide bonds. The second-order valence-corrected chi connectivity index (χ2v) is 4.80. The number of aliphatic hydroxyl groups excluding tert-OH is 1. The minimum absolute atomic E-state index is 0.474. The van der Waals surface area contributed by atoms with Gasteiger partial charge in [0.1, 0.15) is 6.10 Å². The SMILES string of the molecule is CN(C)c1ccc(C(O)c2c(Cl)cnn2C)cc1. The first kappa shape index (κ1) is 12.9. The summed E-state index contributed by atoms with van der Waals surface area (Å²) in [6.07, 6.45) is 0.773. The largest absolute Gasteiger partial charge is 0.382 e. The molecule has 1 aromatic heterocycles. The average Bonchev–Trinajstić information content (AvgIpc) is 2.68. The van der Waals surface area contributed by atoms with E-state index in [4.69, 9.17) is 11.6 Å². The van der Waals surface area contributed by atoms with E-state index in [-0.39, 0.29) is 0 Å². The van der Waals surface area contributed by atoms with Gasteiger partial charge in [-0.2, -0.15) is 5.10 Å². The third-order valence-corrected chi connectivity index (χ3v) is 3.21. The fourth-order valence-corrected chi connectivity index (χ4v) is 2.11. The van der Waals surface area contributed by atoms with Crippen LogP contribution in [0.3, 0.4) is 0 Å². The number of hydrogen-bond acceptors (Lipinski definition) is 3. The van der Waals surface area contributed by atoms with Crippen molar-refractivity contribution in [3.8, 4) is 0 Å². The summed E-state index contributed by atoms with van der Waals surface area (Å²) >= 11 is 6.02. The van der Waals surface area contributed by atoms with Gasteiger partial charge in [0.2, 0.25) is 0 Å². The second kappa shape index (κ2) is 5.00. The summed E-state index contributed by atoms with van der Waals surface area (Å²) in [6.45, 7) is 0. The molecule has 1 aromatic carbocycles. The molecule has 0 saturated heterocycles. The molecule has 0 fully saturated rings. The Bertz CT molecular complexity index is 514. The summed E-state index contributed by atoms with van der Waals surface area (Å²) in [5, 5.41) is 14.8. The van der Waals surface area contributed by atoms with Crippen LogP contribution in [0.15, 0.2) is 30.5 Å². The Morgan fingerprint density at radius 2 is 1.89 bits per heavy atom. The van der Waals surface area contributed by atoms with Crippen LogP contribution < -0.4 is 4.90 Å². The van der Waals surface area contributed by atoms with E-state index in [2.05, 4.69) is 5.10 Å². The molecule has 0 spiro atoms. The van der Waals surface area contributed by atoms with Crippen molar-refractivity contribution in [2.24, 2.45) is 7.05 Å². The first-order valence-corrected chi connectivity index (χ1v) is 6.01. The van der Waals surface area contributed by atoms with Gasteiger partial charge < -0.3 is 10.0 Å². The predicted octanol–water partition coefficient (Wildman–Crippen LogP) is 2.22. The zero-order chi connectivity index (χ0) is 13.3. The van der Waals surface area contributed by atoms with Crippen LogP contribution >= 0.6 is 11.6 Å². The first-order chi connectivity index (χ1) is 8.50. The number of benzene rings is 1. The highest BCUT2D eigenvalue weighted by Gasteiger charge is 2.18. The first-order valence-electron chi connectivity index (χ1n) is 5.63. The summed E-state index contributed by atoms with van der Waals surface area (Å²) in [5.41, 5.74) is 2.49. The Hall–Kier alpha value is -1.52. The lowest BCUT2D eigenvalue weighted by Crippen LogP contribution is -2.10. The minimum atomic E-state index is -0.763. The molecule has 0 aliphatic carbocycles. The Morgan fingerprint density at radius 1 is 1.28 bits per heavy atom. The van der Waals surface area contributed by atoms with Crippen LogP contribution in [-0.4, -0.2) is 29.0 Å². The van der Waals surface area contributed by atoms with Gasteiger partial charge in [0, 0.05) is 26.8 Å². The molecular formula is C13H16ClN3O. The monoisotopic (exact) mass is 265 g/mol. The lowest BCUT2D eigenvalue weighted by molar-refractivity contribution is 0.210. The lowest BCUT2D eigenvalue weighted by Gasteiger charge is -2.15. The Balaban J connectivity index is 2.32. The molecule has 2 rings (SSSR count). The van der Waals surface area contributed by atoms with Crippen LogP contribution in [0, 0.1) is 0 Å². The number of nitrogens with zero attached hydrogens (tertiary/aromatic N) is 3. The van der Waals surface area contributed by atoms with E-state index < -0.39 is 6.10 Å². The van der Waals surface area contributed by atoms with E-state index in [0.29, 0.717) is 10.7 Å². The zero-order valence-electron chi connectivity index (χ0n) is 10.6. The molecule has 96 valence electrons. The quantitative estimate of drug-likeness (QED) is 0.925. The van der Waals surface area contributed by atoms with Crippen LogP contribution in [-0.2, 0) is 7.05 Å². The van der Waals surface area contributed by atoms with Crippen molar-refractivity contribution in [1.82, 2.24) is 9.78 Å². The van der Waals surface area contributed by atoms with Gasteiger partial charge in [0.05, 0.1) is 16.9 Å². The van der Waals surface area contributed by atoms with Gasteiger partial charge in [0.25, 0.3) is 0 Å². The molecule has 0 aliphatic heterocycles. The molecule has 4 nitrogen and oxygen atoms in total. The molecule has 5 heteroatoms. The number of aromatic nitrogens is 2. The van der Waals surface area contributed by atoms with Gasteiger partial charge >= 0.3 is 0 Å². The molecule has 18 heavy (non-hydrogen) atoms. The van der Waals surface area contributed by atoms with Gasteiger partial charge in [-0.25, -0.2) is 0 Å². The van der Waals surface area contributed by atoms with E-state index in [1.165, 1.54) is 6.20 Å². The number of aliphatic hydroxyl groups is 1. The van der Waals surface area contributed by atoms with Crippen LogP contribution in [0.5, 0.6) is 0 Å². The molecule has 1 N–H and O–H groups in total. The zero-order valence-corrected chi connectivity index (χ0v) is 11.4. The van der Waals surface area contributed by atoms with Gasteiger partial charge in [-0.1, -0.05) is 23.7 Å². The molecule has 2 aromatic rings. The molecule has 1 atom stereocenters. The van der Waals surface area contributed by atoms with Crippen molar-refractivity contribution in [3.63, 3.8) is 0 Å². The highest BCUT2D eigenvalue weighted by atomic mass is 35.5. The van der Waals surface area contributed by atoms with Crippen molar-refractivity contribution in [3.05, 3.63) is 46.7 Å². The average molecular weight is 266 g/mol. The Kier molecular flexibility index (Phi) is 3.59. The molecule has 0 saturated carbocycles. The van der Waals surface area contributed by atoms with Crippen LogP contribution in [0.2, 0.25) is 5.02 Å². The molecule has 1 unspecified atom stereocenters. The number of hydrogen-bond donors (Lipinski definition) is 1. The maximum atomic E-state index is 10.3. The predicted molar refractivity (Wildman–Crippen MR) is 73.0 cm³/mol. The highest BCUT2D eigenvalue weighted by molar-refractivity contribution is 6.31. The van der Waals surface area contributed by atoms with Gasteiger partial charge in [-0.3, -0.25) is 4.68 Å². The standard InChI is InChI=1S/C13H16ClN3O/c1-16(2)10-6-4-9(5-7-10)13(18)12-11(14)8-15-17(12)3/h4-8,13,18H,1-3H3. The van der Waals surface area contributed by atoms with E-state index in [1.54, 1.807) is 11.7 Å². The van der Waals surface area contributed by atoms with Gasteiger partial charge in [-0.15, -0.1) is 0 Å². The number of halogens is 1. The number of aryl methyl sites for hydroxylation is 1. The number of anilines is 1. The van der Waals surface area contributed by atoms with Gasteiger partial charge in [0.15, 0.2) is 0 Å². The van der Waals surface area contributed by atoms with E-state index in [9.17, 15) is 5.11 Å². The maximum Gasteiger partial charge on any atom is 0.122 e. The smallest absolute Gasteiger partial charge is 0.122 e. The van der Waals surface area contributed by atoms with Crippen molar-refractivity contribution in [1.29, 1.82) is 0 Å². The molecule has 0 bridgehead atoms. The van der Waals surface area contributed by atoms with Crippen molar-refractivity contribution >= 4 is 17.3 Å². The van der Waals surface area contributed by atoms with Crippen LogP contribution in [0.1, 0.15) is 17.4 Å². The van der Waals surface area contributed by atoms with Crippen molar-refractivity contribution in [2.75, 3.05) is 19.0 Å². The number of rotatable bonds is 3. The van der Waals surface area contributed by atoms with E-state index in [0.717, 1.165) is 11.3 Å².